The van der Waals surface area contributed by atoms with Crippen molar-refractivity contribution in [1.29, 1.82) is 0 Å². The zero-order valence-electron chi connectivity index (χ0n) is 10.8. The maximum absolute atomic E-state index is 11.4. The molecule has 0 aliphatic heterocycles. The Labute approximate surface area is 120 Å². The summed E-state index contributed by atoms with van der Waals surface area (Å²) in [6.07, 6.45) is 7.24. The van der Waals surface area contributed by atoms with Gasteiger partial charge in [0.1, 0.15) is 0 Å². The summed E-state index contributed by atoms with van der Waals surface area (Å²) in [5.74, 6) is 0. The number of hydrogen-bond acceptors (Lipinski definition) is 3. The van der Waals surface area contributed by atoms with Gasteiger partial charge in [0.05, 0.1) is 0 Å². The molecule has 1 unspecified atom stereocenters. The van der Waals surface area contributed by atoms with Crippen LogP contribution in [0.5, 0.6) is 0 Å². The predicted molar refractivity (Wildman–Crippen MR) is 82.2 cm³/mol. The summed E-state index contributed by atoms with van der Waals surface area (Å²) in [6.45, 7) is 3.65. The van der Waals surface area contributed by atoms with Crippen LogP contribution in [0.2, 0.25) is 5.02 Å². The summed E-state index contributed by atoms with van der Waals surface area (Å²) < 4.78 is 10.8. The summed E-state index contributed by atoms with van der Waals surface area (Å²) in [5.41, 5.74) is 0.939. The van der Waals surface area contributed by atoms with Gasteiger partial charge in [0.15, 0.2) is 4.75 Å². The number of pyridine rings is 1. The number of fused-ring (bicyclic) bond motifs is 1. The molecule has 0 spiro atoms. The molecular weight excluding hydrogens is 280 g/mol. The molecule has 19 heavy (non-hydrogen) atoms. The summed E-state index contributed by atoms with van der Waals surface area (Å²) >= 11 is 4.67. The van der Waals surface area contributed by atoms with E-state index in [0.29, 0.717) is 5.02 Å². The monoisotopic (exact) mass is 294 g/mol. The van der Waals surface area contributed by atoms with E-state index in [9.17, 15) is 4.55 Å². The second-order valence-corrected chi connectivity index (χ2v) is 6.91. The molecule has 2 N–H and O–H groups in total. The van der Waals surface area contributed by atoms with Crippen molar-refractivity contribution in [2.45, 2.75) is 18.6 Å². The molecule has 2 rings (SSSR count). The molecule has 5 heteroatoms. The Bertz CT molecular complexity index is 626. The molecule has 1 heterocycles. The SMILES string of the molecule is CC(C)(C=Cc1cc(Cl)cc2ccncc12)[S+](N)[O-]. The molecule has 0 saturated carbocycles. The van der Waals surface area contributed by atoms with Gasteiger partial charge in [-0.3, -0.25) is 4.98 Å². The summed E-state index contributed by atoms with van der Waals surface area (Å²) in [7, 11) is 0. The molecule has 0 aliphatic carbocycles. The fraction of sp³-hybridized carbons (Fsp3) is 0.214. The zero-order valence-corrected chi connectivity index (χ0v) is 12.3. The fourth-order valence-corrected chi connectivity index (χ4v) is 2.12. The highest BCUT2D eigenvalue weighted by atomic mass is 35.5. The number of halogens is 1. The minimum absolute atomic E-state index is 0.586. The number of rotatable bonds is 3. The van der Waals surface area contributed by atoms with Crippen LogP contribution in [0.3, 0.4) is 0 Å². The van der Waals surface area contributed by atoms with Gasteiger partial charge in [-0.25, -0.2) is 0 Å². The van der Waals surface area contributed by atoms with Crippen molar-refractivity contribution in [3.05, 3.63) is 47.3 Å². The second kappa shape index (κ2) is 5.51. The molecule has 0 radical (unpaired) electrons. The van der Waals surface area contributed by atoms with Crippen molar-refractivity contribution in [2.75, 3.05) is 0 Å². The molecule has 1 atom stereocenters. The summed E-state index contributed by atoms with van der Waals surface area (Å²) in [6, 6.07) is 5.66. The second-order valence-electron chi connectivity index (χ2n) is 4.83. The maximum Gasteiger partial charge on any atom is 0.157 e. The average Bonchev–Trinajstić information content (AvgIpc) is 2.35. The average molecular weight is 295 g/mol. The van der Waals surface area contributed by atoms with Crippen LogP contribution in [0.1, 0.15) is 19.4 Å². The summed E-state index contributed by atoms with van der Waals surface area (Å²) in [5, 5.41) is 8.14. The highest BCUT2D eigenvalue weighted by Crippen LogP contribution is 2.26. The molecule has 0 amide bonds. The van der Waals surface area contributed by atoms with E-state index in [0.717, 1.165) is 16.3 Å². The lowest BCUT2D eigenvalue weighted by molar-refractivity contribution is 0.573. The first kappa shape index (κ1) is 14.3. The van der Waals surface area contributed by atoms with Gasteiger partial charge in [0.2, 0.25) is 0 Å². The van der Waals surface area contributed by atoms with E-state index >= 15 is 0 Å². The van der Waals surface area contributed by atoms with Gasteiger partial charge >= 0.3 is 0 Å². The van der Waals surface area contributed by atoms with E-state index in [4.69, 9.17) is 16.7 Å². The van der Waals surface area contributed by atoms with E-state index in [2.05, 4.69) is 4.98 Å². The molecule has 1 aromatic heterocycles. The Balaban J connectivity index is 2.48. The van der Waals surface area contributed by atoms with Crippen molar-refractivity contribution >= 4 is 39.8 Å². The molecule has 100 valence electrons. The molecule has 2 aromatic rings. The number of benzene rings is 1. The van der Waals surface area contributed by atoms with Crippen LogP contribution in [0, 0.1) is 0 Å². The standard InChI is InChI=1S/C14H15ClN2OS/c1-14(2,19(16)18)5-3-10-7-12(15)8-11-4-6-17-9-13(10)11/h3-9H,16H2,1-2H3. The first-order valence-corrected chi connectivity index (χ1v) is 7.38. The maximum atomic E-state index is 11.4. The lowest BCUT2D eigenvalue weighted by Gasteiger charge is -2.20. The normalized spacial score (nSPS) is 14.2. The van der Waals surface area contributed by atoms with Gasteiger partial charge in [-0.05, 0) is 49.1 Å². The van der Waals surface area contributed by atoms with Gasteiger partial charge in [-0.2, -0.15) is 5.14 Å². The lowest BCUT2D eigenvalue weighted by Crippen LogP contribution is -2.35. The Hall–Kier alpha value is -1.07. The Morgan fingerprint density at radius 3 is 2.84 bits per heavy atom. The Kier molecular flexibility index (Phi) is 4.16. The number of nitrogens with zero attached hydrogens (tertiary/aromatic N) is 1. The molecule has 1 aromatic carbocycles. The van der Waals surface area contributed by atoms with E-state index in [-0.39, 0.29) is 0 Å². The van der Waals surface area contributed by atoms with Gasteiger partial charge < -0.3 is 4.55 Å². The number of aromatic nitrogens is 1. The smallest absolute Gasteiger partial charge is 0.157 e. The minimum atomic E-state index is -1.42. The molecule has 0 aliphatic rings. The Morgan fingerprint density at radius 1 is 1.42 bits per heavy atom. The first-order valence-electron chi connectivity index (χ1n) is 5.79. The van der Waals surface area contributed by atoms with Crippen LogP contribution < -0.4 is 5.14 Å². The third kappa shape index (κ3) is 3.28. The quantitative estimate of drug-likeness (QED) is 0.884. The van der Waals surface area contributed by atoms with Gasteiger partial charge in [0, 0.05) is 34.2 Å². The number of hydrogen-bond donors (Lipinski definition) is 1. The van der Waals surface area contributed by atoms with E-state index in [1.165, 1.54) is 0 Å². The fourth-order valence-electron chi connectivity index (χ4n) is 1.68. The largest absolute Gasteiger partial charge is 0.598 e. The van der Waals surface area contributed by atoms with Crippen LogP contribution >= 0.6 is 11.6 Å². The van der Waals surface area contributed by atoms with Crippen LogP contribution in [0.15, 0.2) is 36.7 Å². The van der Waals surface area contributed by atoms with Crippen molar-refractivity contribution in [3.8, 4) is 0 Å². The highest BCUT2D eigenvalue weighted by molar-refractivity contribution is 7.90. The molecule has 0 bridgehead atoms. The third-order valence-corrected chi connectivity index (χ3v) is 4.33. The Morgan fingerprint density at radius 2 is 2.16 bits per heavy atom. The minimum Gasteiger partial charge on any atom is -0.598 e. The zero-order chi connectivity index (χ0) is 14.0. The van der Waals surface area contributed by atoms with E-state index in [1.807, 2.05) is 44.2 Å². The first-order chi connectivity index (χ1) is 8.90. The lowest BCUT2D eigenvalue weighted by atomic mass is 10.0. The van der Waals surface area contributed by atoms with Crippen molar-refractivity contribution in [2.24, 2.45) is 5.14 Å². The molecule has 3 nitrogen and oxygen atoms in total. The van der Waals surface area contributed by atoms with Crippen LogP contribution in [-0.4, -0.2) is 14.3 Å². The van der Waals surface area contributed by atoms with Gasteiger partial charge in [-0.1, -0.05) is 17.7 Å². The predicted octanol–water partition coefficient (Wildman–Crippen LogP) is 3.30. The molecular formula is C14H15ClN2OS. The van der Waals surface area contributed by atoms with Crippen LogP contribution in [-0.2, 0) is 11.4 Å². The van der Waals surface area contributed by atoms with Crippen molar-refractivity contribution in [3.63, 3.8) is 0 Å². The van der Waals surface area contributed by atoms with Crippen molar-refractivity contribution in [1.82, 2.24) is 4.98 Å². The topological polar surface area (TPSA) is 62.0 Å². The van der Waals surface area contributed by atoms with E-state index in [1.54, 1.807) is 12.4 Å². The summed E-state index contributed by atoms with van der Waals surface area (Å²) in [4.78, 5) is 4.12. The van der Waals surface area contributed by atoms with Crippen molar-refractivity contribution < 1.29 is 4.55 Å². The van der Waals surface area contributed by atoms with Crippen LogP contribution in [0.25, 0.3) is 16.8 Å². The van der Waals surface area contributed by atoms with Gasteiger partial charge in [-0.15, -0.1) is 0 Å². The third-order valence-electron chi connectivity index (χ3n) is 2.94. The molecule has 0 saturated heterocycles. The molecule has 0 fully saturated rings. The highest BCUT2D eigenvalue weighted by Gasteiger charge is 2.25. The van der Waals surface area contributed by atoms with E-state index < -0.39 is 16.1 Å². The van der Waals surface area contributed by atoms with Crippen LogP contribution in [0.4, 0.5) is 0 Å². The number of nitrogens with two attached hydrogens (primary N) is 1. The van der Waals surface area contributed by atoms with Gasteiger partial charge in [0.25, 0.3) is 0 Å².